The van der Waals surface area contributed by atoms with E-state index in [1.807, 2.05) is 6.07 Å². The van der Waals surface area contributed by atoms with Crippen molar-refractivity contribution < 1.29 is 14.6 Å². The summed E-state index contributed by atoms with van der Waals surface area (Å²) in [7, 11) is 0. The molecule has 2 N–H and O–H groups in total. The van der Waals surface area contributed by atoms with Crippen molar-refractivity contribution in [3.8, 4) is 0 Å². The average Bonchev–Trinajstić information content (AvgIpc) is 2.27. The molecule has 1 rings (SSSR count). The summed E-state index contributed by atoms with van der Waals surface area (Å²) >= 11 is 3.28. The normalized spacial score (nSPS) is 12.9. The van der Waals surface area contributed by atoms with Crippen LogP contribution in [0.15, 0.2) is 22.8 Å². The van der Waals surface area contributed by atoms with Crippen LogP contribution in [0.25, 0.3) is 0 Å². The lowest BCUT2D eigenvalue weighted by Crippen LogP contribution is -2.33. The van der Waals surface area contributed by atoms with Gasteiger partial charge in [0.25, 0.3) is 0 Å². The Morgan fingerprint density at radius 2 is 2.21 bits per heavy atom. The molecule has 0 aliphatic carbocycles. The van der Waals surface area contributed by atoms with Gasteiger partial charge in [-0.1, -0.05) is 0 Å². The van der Waals surface area contributed by atoms with Gasteiger partial charge in [0.15, 0.2) is 0 Å². The lowest BCUT2D eigenvalue weighted by Gasteiger charge is -2.20. The van der Waals surface area contributed by atoms with Crippen molar-refractivity contribution in [3.63, 3.8) is 0 Å². The van der Waals surface area contributed by atoms with E-state index in [2.05, 4.69) is 26.2 Å². The van der Waals surface area contributed by atoms with E-state index < -0.39 is 17.8 Å². The Morgan fingerprint density at radius 1 is 1.53 bits per heavy atom. The first-order chi connectivity index (χ1) is 8.78. The first-order valence-corrected chi connectivity index (χ1v) is 6.83. The number of nitrogens with zero attached hydrogens (tertiary/aromatic N) is 1. The highest BCUT2D eigenvalue weighted by Crippen LogP contribution is 2.16. The number of carbonyl (C=O) groups excluding carboxylic acids is 1. The number of hydrogen-bond acceptors (Lipinski definition) is 4. The maximum atomic E-state index is 11.4. The van der Waals surface area contributed by atoms with Gasteiger partial charge in [0.2, 0.25) is 0 Å². The molecule has 106 valence electrons. The van der Waals surface area contributed by atoms with Crippen molar-refractivity contribution in [2.24, 2.45) is 0 Å². The van der Waals surface area contributed by atoms with E-state index in [-0.39, 0.29) is 0 Å². The lowest BCUT2D eigenvalue weighted by molar-refractivity contribution is 0.0518. The number of pyridine rings is 1. The maximum Gasteiger partial charge on any atom is 0.407 e. The van der Waals surface area contributed by atoms with Gasteiger partial charge in [-0.25, -0.2) is 4.79 Å². The third kappa shape index (κ3) is 6.54. The van der Waals surface area contributed by atoms with Gasteiger partial charge in [0.1, 0.15) is 5.60 Å². The zero-order valence-corrected chi connectivity index (χ0v) is 12.9. The monoisotopic (exact) mass is 330 g/mol. The summed E-state index contributed by atoms with van der Waals surface area (Å²) in [6.45, 7) is 5.72. The van der Waals surface area contributed by atoms with E-state index in [0.29, 0.717) is 18.7 Å². The molecule has 1 aromatic heterocycles. The molecule has 0 spiro atoms. The van der Waals surface area contributed by atoms with Gasteiger partial charge < -0.3 is 15.2 Å². The summed E-state index contributed by atoms with van der Waals surface area (Å²) in [6.07, 6.45) is 0.819. The Balaban J connectivity index is 2.33. The molecule has 0 aliphatic rings. The van der Waals surface area contributed by atoms with Gasteiger partial charge >= 0.3 is 6.09 Å². The zero-order valence-electron chi connectivity index (χ0n) is 11.3. The number of aromatic nitrogens is 1. The van der Waals surface area contributed by atoms with Gasteiger partial charge in [-0.15, -0.1) is 0 Å². The number of halogens is 1. The van der Waals surface area contributed by atoms with E-state index in [1.54, 1.807) is 33.0 Å². The number of rotatable bonds is 4. The summed E-state index contributed by atoms with van der Waals surface area (Å²) in [4.78, 5) is 15.5. The second-order valence-electron chi connectivity index (χ2n) is 5.13. The van der Waals surface area contributed by atoms with Crippen molar-refractivity contribution in [1.29, 1.82) is 0 Å². The second kappa shape index (κ2) is 6.86. The summed E-state index contributed by atoms with van der Waals surface area (Å²) in [5, 5.41) is 12.5. The van der Waals surface area contributed by atoms with Gasteiger partial charge in [-0.3, -0.25) is 4.98 Å². The highest BCUT2D eigenvalue weighted by Gasteiger charge is 2.16. The SMILES string of the molecule is CC(C)(C)OC(=O)NCCC(O)c1ccc(Br)cn1. The van der Waals surface area contributed by atoms with E-state index >= 15 is 0 Å². The molecule has 1 aromatic rings. The quantitative estimate of drug-likeness (QED) is 0.890. The molecule has 19 heavy (non-hydrogen) atoms. The van der Waals surface area contributed by atoms with E-state index in [1.165, 1.54) is 0 Å². The lowest BCUT2D eigenvalue weighted by atomic mass is 10.1. The highest BCUT2D eigenvalue weighted by atomic mass is 79.9. The molecular formula is C13H19BrN2O3. The van der Waals surface area contributed by atoms with Crippen LogP contribution in [0, 0.1) is 0 Å². The Kier molecular flexibility index (Phi) is 5.75. The molecule has 1 unspecified atom stereocenters. The Morgan fingerprint density at radius 3 is 2.74 bits per heavy atom. The largest absolute Gasteiger partial charge is 0.444 e. The van der Waals surface area contributed by atoms with Gasteiger partial charge in [-0.05, 0) is 55.3 Å². The summed E-state index contributed by atoms with van der Waals surface area (Å²) in [5.74, 6) is 0. The molecule has 0 fully saturated rings. The minimum Gasteiger partial charge on any atom is -0.444 e. The maximum absolute atomic E-state index is 11.4. The van der Waals surface area contributed by atoms with Crippen molar-refractivity contribution in [3.05, 3.63) is 28.5 Å². The molecular weight excluding hydrogens is 312 g/mol. The molecule has 1 amide bonds. The van der Waals surface area contributed by atoms with Crippen LogP contribution in [-0.4, -0.2) is 28.3 Å². The average molecular weight is 331 g/mol. The van der Waals surface area contributed by atoms with Crippen LogP contribution in [0.3, 0.4) is 0 Å². The fourth-order valence-electron chi connectivity index (χ4n) is 1.36. The van der Waals surface area contributed by atoms with Gasteiger partial charge in [0.05, 0.1) is 11.8 Å². The fraction of sp³-hybridized carbons (Fsp3) is 0.538. The number of alkyl carbamates (subject to hydrolysis) is 1. The van der Waals surface area contributed by atoms with Crippen molar-refractivity contribution in [2.75, 3.05) is 6.54 Å². The van der Waals surface area contributed by atoms with Crippen LogP contribution in [0.4, 0.5) is 4.79 Å². The Labute approximate surface area is 121 Å². The molecule has 0 radical (unpaired) electrons. The molecule has 6 heteroatoms. The molecule has 5 nitrogen and oxygen atoms in total. The number of amides is 1. The number of nitrogens with one attached hydrogen (secondary N) is 1. The molecule has 0 saturated heterocycles. The number of hydrogen-bond donors (Lipinski definition) is 2. The van der Waals surface area contributed by atoms with Crippen LogP contribution >= 0.6 is 15.9 Å². The molecule has 0 saturated carbocycles. The minimum absolute atomic E-state index is 0.327. The predicted octanol–water partition coefficient (Wildman–Crippen LogP) is 2.79. The summed E-state index contributed by atoms with van der Waals surface area (Å²) in [5.41, 5.74) is 0.0601. The van der Waals surface area contributed by atoms with Gasteiger partial charge in [0, 0.05) is 17.2 Å². The number of ether oxygens (including phenoxy) is 1. The molecule has 0 bridgehead atoms. The van der Waals surface area contributed by atoms with Crippen LogP contribution < -0.4 is 5.32 Å². The first kappa shape index (κ1) is 15.9. The zero-order chi connectivity index (χ0) is 14.5. The van der Waals surface area contributed by atoms with E-state index in [9.17, 15) is 9.90 Å². The first-order valence-electron chi connectivity index (χ1n) is 6.04. The standard InChI is InChI=1S/C13H19BrN2O3/c1-13(2,3)19-12(18)15-7-6-11(17)10-5-4-9(14)8-16-10/h4-5,8,11,17H,6-7H2,1-3H3,(H,15,18). The Bertz CT molecular complexity index is 415. The van der Waals surface area contributed by atoms with Crippen molar-refractivity contribution in [2.45, 2.75) is 38.9 Å². The van der Waals surface area contributed by atoms with E-state index in [4.69, 9.17) is 4.74 Å². The van der Waals surface area contributed by atoms with Gasteiger partial charge in [-0.2, -0.15) is 0 Å². The van der Waals surface area contributed by atoms with Crippen LogP contribution in [0.5, 0.6) is 0 Å². The Hall–Kier alpha value is -1.14. The van der Waals surface area contributed by atoms with Crippen LogP contribution in [-0.2, 0) is 4.74 Å². The third-order valence-corrected chi connectivity index (χ3v) is 2.65. The summed E-state index contributed by atoms with van der Waals surface area (Å²) in [6, 6.07) is 3.55. The molecule has 1 heterocycles. The van der Waals surface area contributed by atoms with Crippen molar-refractivity contribution in [1.82, 2.24) is 10.3 Å². The molecule has 1 atom stereocenters. The van der Waals surface area contributed by atoms with E-state index in [0.717, 1.165) is 4.47 Å². The van der Waals surface area contributed by atoms with Crippen molar-refractivity contribution >= 4 is 22.0 Å². The number of aliphatic hydroxyl groups excluding tert-OH is 1. The summed E-state index contributed by atoms with van der Waals surface area (Å²) < 4.78 is 5.94. The fourth-order valence-corrected chi connectivity index (χ4v) is 1.59. The third-order valence-electron chi connectivity index (χ3n) is 2.18. The van der Waals surface area contributed by atoms with Crippen LogP contribution in [0.2, 0.25) is 0 Å². The second-order valence-corrected chi connectivity index (χ2v) is 6.05. The predicted molar refractivity (Wildman–Crippen MR) is 75.8 cm³/mol. The minimum atomic E-state index is -0.706. The molecule has 0 aromatic carbocycles. The number of carbonyl (C=O) groups is 1. The smallest absolute Gasteiger partial charge is 0.407 e. The highest BCUT2D eigenvalue weighted by molar-refractivity contribution is 9.10. The topological polar surface area (TPSA) is 71.5 Å². The van der Waals surface area contributed by atoms with Crippen LogP contribution in [0.1, 0.15) is 39.0 Å². The molecule has 0 aliphatic heterocycles. The number of aliphatic hydroxyl groups is 1.